The normalized spacial score (nSPS) is 33.2. The fourth-order valence-corrected chi connectivity index (χ4v) is 1.72. The topological polar surface area (TPSA) is 56.0 Å². The zero-order chi connectivity index (χ0) is 10.1. The van der Waals surface area contributed by atoms with Crippen molar-refractivity contribution in [2.24, 2.45) is 5.41 Å². The highest BCUT2D eigenvalue weighted by atomic mass is 16.3. The van der Waals surface area contributed by atoms with Crippen LogP contribution in [0.1, 0.15) is 33.6 Å². The fourth-order valence-electron chi connectivity index (χ4n) is 1.72. The van der Waals surface area contributed by atoms with E-state index in [9.17, 15) is 5.11 Å². The van der Waals surface area contributed by atoms with E-state index in [1.807, 2.05) is 6.92 Å². The zero-order valence-electron chi connectivity index (χ0n) is 8.54. The summed E-state index contributed by atoms with van der Waals surface area (Å²) in [6, 6.07) is 2.71. The molecule has 0 saturated heterocycles. The number of hydrogen-bond acceptors (Lipinski definition) is 3. The first-order valence-electron chi connectivity index (χ1n) is 4.79. The molecule has 3 unspecified atom stereocenters. The van der Waals surface area contributed by atoms with Crippen LogP contribution in [0.3, 0.4) is 0 Å². The maximum absolute atomic E-state index is 9.48. The van der Waals surface area contributed by atoms with E-state index in [-0.39, 0.29) is 17.6 Å². The maximum atomic E-state index is 9.48. The van der Waals surface area contributed by atoms with Gasteiger partial charge in [0.15, 0.2) is 0 Å². The highest BCUT2D eigenvalue weighted by Crippen LogP contribution is 2.40. The summed E-state index contributed by atoms with van der Waals surface area (Å²) in [6.07, 6.45) is 1.14. The smallest absolute Gasteiger partial charge is 0.0638 e. The lowest BCUT2D eigenvalue weighted by Crippen LogP contribution is -2.61. The van der Waals surface area contributed by atoms with Gasteiger partial charge in [0.1, 0.15) is 0 Å². The van der Waals surface area contributed by atoms with Gasteiger partial charge >= 0.3 is 0 Å². The molecule has 74 valence electrons. The predicted octanol–water partition coefficient (Wildman–Crippen LogP) is 1.04. The largest absolute Gasteiger partial charge is 0.392 e. The average Bonchev–Trinajstić information content (AvgIpc) is 2.04. The Labute approximate surface area is 79.8 Å². The number of nitriles is 1. The highest BCUT2D eigenvalue weighted by Gasteiger charge is 2.47. The third-order valence-corrected chi connectivity index (χ3v) is 3.10. The fraction of sp³-hybridized carbons (Fsp3) is 0.900. The molecule has 3 nitrogen and oxygen atoms in total. The van der Waals surface area contributed by atoms with Crippen LogP contribution in [0.2, 0.25) is 0 Å². The summed E-state index contributed by atoms with van der Waals surface area (Å²) in [7, 11) is 0. The molecule has 0 spiro atoms. The molecule has 13 heavy (non-hydrogen) atoms. The van der Waals surface area contributed by atoms with E-state index in [0.29, 0.717) is 12.5 Å². The van der Waals surface area contributed by atoms with Gasteiger partial charge in [0.05, 0.1) is 18.6 Å². The number of rotatable bonds is 3. The molecular formula is C10H18N2O. The Kier molecular flexibility index (Phi) is 2.94. The second kappa shape index (κ2) is 3.65. The number of nitrogens with one attached hydrogen (secondary N) is 1. The van der Waals surface area contributed by atoms with E-state index < -0.39 is 0 Å². The summed E-state index contributed by atoms with van der Waals surface area (Å²) in [4.78, 5) is 0. The molecule has 1 rings (SSSR count). The average molecular weight is 182 g/mol. The first-order chi connectivity index (χ1) is 5.98. The molecule has 0 heterocycles. The molecule has 0 bridgehead atoms. The van der Waals surface area contributed by atoms with Crippen LogP contribution < -0.4 is 5.32 Å². The first-order valence-corrected chi connectivity index (χ1v) is 4.79. The molecule has 0 amide bonds. The summed E-state index contributed by atoms with van der Waals surface area (Å²) in [5.74, 6) is 0. The molecule has 1 saturated carbocycles. The minimum absolute atomic E-state index is 0.0380. The van der Waals surface area contributed by atoms with Gasteiger partial charge in [-0.2, -0.15) is 5.26 Å². The van der Waals surface area contributed by atoms with Crippen molar-refractivity contribution in [3.8, 4) is 6.07 Å². The molecule has 1 aliphatic carbocycles. The number of aliphatic hydroxyl groups excluding tert-OH is 1. The Balaban J connectivity index is 2.37. The van der Waals surface area contributed by atoms with Gasteiger partial charge in [0.2, 0.25) is 0 Å². The molecule has 0 radical (unpaired) electrons. The third-order valence-electron chi connectivity index (χ3n) is 3.10. The van der Waals surface area contributed by atoms with Crippen molar-refractivity contribution in [2.45, 2.75) is 51.8 Å². The van der Waals surface area contributed by atoms with Gasteiger partial charge in [-0.05, 0) is 13.3 Å². The van der Waals surface area contributed by atoms with Gasteiger partial charge in [-0.3, -0.25) is 0 Å². The summed E-state index contributed by atoms with van der Waals surface area (Å²) >= 11 is 0. The number of aliphatic hydroxyl groups is 1. The van der Waals surface area contributed by atoms with E-state index in [0.717, 1.165) is 6.42 Å². The molecule has 1 aliphatic rings. The van der Waals surface area contributed by atoms with Crippen LogP contribution >= 0.6 is 0 Å². The van der Waals surface area contributed by atoms with E-state index in [1.54, 1.807) is 0 Å². The van der Waals surface area contributed by atoms with Crippen LogP contribution in [0, 0.1) is 16.7 Å². The Bertz CT molecular complexity index is 219. The van der Waals surface area contributed by atoms with Crippen LogP contribution in [0.4, 0.5) is 0 Å². The molecule has 3 heteroatoms. The second-order valence-electron chi connectivity index (χ2n) is 4.56. The molecule has 2 N–H and O–H groups in total. The first kappa shape index (κ1) is 10.5. The number of nitrogens with zero attached hydrogens (tertiary/aromatic N) is 1. The van der Waals surface area contributed by atoms with E-state index in [2.05, 4.69) is 25.2 Å². The lowest BCUT2D eigenvalue weighted by atomic mass is 9.64. The SMILES string of the molecule is CC(CC#N)NC1CC(O)C1(C)C. The van der Waals surface area contributed by atoms with Gasteiger partial charge in [-0.25, -0.2) is 0 Å². The van der Waals surface area contributed by atoms with E-state index >= 15 is 0 Å². The standard InChI is InChI=1S/C10H18N2O/c1-7(4-5-11)12-8-6-9(13)10(8,2)3/h7-9,12-13H,4,6H2,1-3H3. The van der Waals surface area contributed by atoms with Gasteiger partial charge in [0, 0.05) is 17.5 Å². The number of hydrogen-bond donors (Lipinski definition) is 2. The Hall–Kier alpha value is -0.590. The summed E-state index contributed by atoms with van der Waals surface area (Å²) in [6.45, 7) is 6.11. The highest BCUT2D eigenvalue weighted by molar-refractivity contribution is 5.02. The lowest BCUT2D eigenvalue weighted by Gasteiger charge is -2.50. The van der Waals surface area contributed by atoms with Crippen LogP contribution in [0.25, 0.3) is 0 Å². The second-order valence-corrected chi connectivity index (χ2v) is 4.56. The van der Waals surface area contributed by atoms with E-state index in [1.165, 1.54) is 0 Å². The van der Waals surface area contributed by atoms with Crippen molar-refractivity contribution >= 4 is 0 Å². The van der Waals surface area contributed by atoms with Crippen molar-refractivity contribution < 1.29 is 5.11 Å². The van der Waals surface area contributed by atoms with E-state index in [4.69, 9.17) is 5.26 Å². The maximum Gasteiger partial charge on any atom is 0.0638 e. The molecule has 3 atom stereocenters. The molecule has 0 aromatic carbocycles. The molecule has 0 aromatic heterocycles. The minimum Gasteiger partial charge on any atom is -0.392 e. The van der Waals surface area contributed by atoms with Crippen LogP contribution in [0.15, 0.2) is 0 Å². The quantitative estimate of drug-likeness (QED) is 0.685. The van der Waals surface area contributed by atoms with Crippen LogP contribution in [-0.4, -0.2) is 23.3 Å². The van der Waals surface area contributed by atoms with Crippen molar-refractivity contribution in [3.63, 3.8) is 0 Å². The van der Waals surface area contributed by atoms with Crippen molar-refractivity contribution in [1.82, 2.24) is 5.32 Å². The lowest BCUT2D eigenvalue weighted by molar-refractivity contribution is -0.0751. The monoisotopic (exact) mass is 182 g/mol. The Morgan fingerprint density at radius 1 is 1.69 bits per heavy atom. The van der Waals surface area contributed by atoms with Gasteiger partial charge in [-0.15, -0.1) is 0 Å². The van der Waals surface area contributed by atoms with Gasteiger partial charge in [-0.1, -0.05) is 13.8 Å². The predicted molar refractivity (Wildman–Crippen MR) is 51.0 cm³/mol. The third kappa shape index (κ3) is 2.01. The summed E-state index contributed by atoms with van der Waals surface area (Å²) < 4.78 is 0. The Morgan fingerprint density at radius 3 is 2.69 bits per heavy atom. The van der Waals surface area contributed by atoms with Crippen LogP contribution in [-0.2, 0) is 0 Å². The molecule has 0 aliphatic heterocycles. The van der Waals surface area contributed by atoms with Crippen LogP contribution in [0.5, 0.6) is 0 Å². The van der Waals surface area contributed by atoms with Crippen molar-refractivity contribution in [2.75, 3.05) is 0 Å². The van der Waals surface area contributed by atoms with Gasteiger partial charge < -0.3 is 10.4 Å². The summed E-state index contributed by atoms with van der Waals surface area (Å²) in [5.41, 5.74) is -0.0380. The van der Waals surface area contributed by atoms with Crippen molar-refractivity contribution in [1.29, 1.82) is 5.26 Å². The van der Waals surface area contributed by atoms with Gasteiger partial charge in [0.25, 0.3) is 0 Å². The minimum atomic E-state index is -0.195. The zero-order valence-corrected chi connectivity index (χ0v) is 8.54. The molecular weight excluding hydrogens is 164 g/mol. The molecule has 1 fully saturated rings. The van der Waals surface area contributed by atoms with Crippen molar-refractivity contribution in [3.05, 3.63) is 0 Å². The Morgan fingerprint density at radius 2 is 2.31 bits per heavy atom. The summed E-state index contributed by atoms with van der Waals surface area (Å²) in [5, 5.41) is 21.3. The molecule has 0 aromatic rings.